The van der Waals surface area contributed by atoms with E-state index in [2.05, 4.69) is 21.2 Å². The Bertz CT molecular complexity index is 317. The van der Waals surface area contributed by atoms with Gasteiger partial charge in [-0.15, -0.1) is 0 Å². The first-order chi connectivity index (χ1) is 6.09. The maximum Gasteiger partial charge on any atom is 0.315 e. The largest absolute Gasteiger partial charge is 0.321 e. The van der Waals surface area contributed by atoms with Crippen LogP contribution in [0.4, 0.5) is 14.5 Å². The van der Waals surface area contributed by atoms with Crippen LogP contribution in [0, 0.1) is 0 Å². The third-order valence-corrected chi connectivity index (χ3v) is 1.78. The van der Waals surface area contributed by atoms with E-state index in [9.17, 15) is 13.6 Å². The number of amides is 1. The molecule has 70 valence electrons. The van der Waals surface area contributed by atoms with Crippen molar-refractivity contribution in [1.82, 2.24) is 0 Å². The van der Waals surface area contributed by atoms with Gasteiger partial charge in [0.15, 0.2) is 0 Å². The number of nitrogens with one attached hydrogen (secondary N) is 1. The van der Waals surface area contributed by atoms with Crippen LogP contribution < -0.4 is 5.32 Å². The predicted octanol–water partition coefficient (Wildman–Crippen LogP) is 2.65. The van der Waals surface area contributed by atoms with Crippen LogP contribution in [-0.2, 0) is 4.79 Å². The maximum absolute atomic E-state index is 11.8. The quantitative estimate of drug-likeness (QED) is 0.858. The van der Waals surface area contributed by atoms with E-state index in [1.807, 2.05) is 0 Å². The lowest BCUT2D eigenvalue weighted by Crippen LogP contribution is -2.19. The Kier molecular flexibility index (Phi) is 3.36. The lowest BCUT2D eigenvalue weighted by Gasteiger charge is -2.03. The summed E-state index contributed by atoms with van der Waals surface area (Å²) in [6.45, 7) is 0. The molecule has 0 saturated carbocycles. The van der Waals surface area contributed by atoms with E-state index in [-0.39, 0.29) is 0 Å². The van der Waals surface area contributed by atoms with Gasteiger partial charge < -0.3 is 5.32 Å². The monoisotopic (exact) mass is 249 g/mol. The maximum atomic E-state index is 11.8. The van der Waals surface area contributed by atoms with Gasteiger partial charge in [-0.1, -0.05) is 22.0 Å². The first-order valence-corrected chi connectivity index (χ1v) is 4.23. The number of benzene rings is 1. The Morgan fingerprint density at radius 2 is 2.15 bits per heavy atom. The van der Waals surface area contributed by atoms with E-state index in [0.717, 1.165) is 4.47 Å². The van der Waals surface area contributed by atoms with E-state index in [0.29, 0.717) is 5.69 Å². The van der Waals surface area contributed by atoms with Crippen LogP contribution in [0.5, 0.6) is 0 Å². The summed E-state index contributed by atoms with van der Waals surface area (Å²) in [5.41, 5.74) is 0.347. The first-order valence-electron chi connectivity index (χ1n) is 3.44. The zero-order valence-electron chi connectivity index (χ0n) is 6.43. The van der Waals surface area contributed by atoms with Gasteiger partial charge in [-0.2, -0.15) is 8.78 Å². The lowest BCUT2D eigenvalue weighted by atomic mass is 10.3. The smallest absolute Gasteiger partial charge is 0.315 e. The van der Waals surface area contributed by atoms with Gasteiger partial charge in [0, 0.05) is 10.2 Å². The summed E-state index contributed by atoms with van der Waals surface area (Å²) in [5.74, 6) is -1.29. The minimum atomic E-state index is -2.99. The Morgan fingerprint density at radius 1 is 1.46 bits per heavy atom. The van der Waals surface area contributed by atoms with Gasteiger partial charge in [0.1, 0.15) is 0 Å². The zero-order chi connectivity index (χ0) is 9.84. The second kappa shape index (κ2) is 4.32. The molecule has 0 fully saturated rings. The molecule has 1 rings (SSSR count). The van der Waals surface area contributed by atoms with Gasteiger partial charge in [-0.25, -0.2) is 0 Å². The van der Waals surface area contributed by atoms with Crippen molar-refractivity contribution >= 4 is 27.5 Å². The molecule has 0 aliphatic carbocycles. The highest BCUT2D eigenvalue weighted by Gasteiger charge is 2.14. The second-order valence-electron chi connectivity index (χ2n) is 2.30. The summed E-state index contributed by atoms with van der Waals surface area (Å²) in [7, 11) is 0. The standard InChI is InChI=1S/C8H6BrF2NO/c9-5-2-1-3-6(4-5)12-8(13)7(10)11/h1-4,7H,(H,12,13). The molecule has 0 heterocycles. The zero-order valence-corrected chi connectivity index (χ0v) is 8.01. The van der Waals surface area contributed by atoms with Crippen molar-refractivity contribution in [2.75, 3.05) is 5.32 Å². The molecule has 13 heavy (non-hydrogen) atoms. The van der Waals surface area contributed by atoms with E-state index in [4.69, 9.17) is 0 Å². The fourth-order valence-corrected chi connectivity index (χ4v) is 1.16. The van der Waals surface area contributed by atoms with E-state index in [1.54, 1.807) is 18.2 Å². The summed E-state index contributed by atoms with van der Waals surface area (Å²) in [6.07, 6.45) is -2.99. The van der Waals surface area contributed by atoms with Crippen molar-refractivity contribution in [3.05, 3.63) is 28.7 Å². The molecule has 0 aromatic heterocycles. The fraction of sp³-hybridized carbons (Fsp3) is 0.125. The van der Waals surface area contributed by atoms with Crippen molar-refractivity contribution < 1.29 is 13.6 Å². The van der Waals surface area contributed by atoms with Crippen LogP contribution in [0.25, 0.3) is 0 Å². The highest BCUT2D eigenvalue weighted by atomic mass is 79.9. The second-order valence-corrected chi connectivity index (χ2v) is 3.22. The number of hydrogen-bond acceptors (Lipinski definition) is 1. The Hall–Kier alpha value is -0.970. The normalized spacial score (nSPS) is 10.2. The van der Waals surface area contributed by atoms with Gasteiger partial charge >= 0.3 is 6.43 Å². The molecule has 0 spiro atoms. The number of carbonyl (C=O) groups excluding carboxylic acids is 1. The molecule has 0 bridgehead atoms. The molecular formula is C8H6BrF2NO. The van der Waals surface area contributed by atoms with E-state index < -0.39 is 12.3 Å². The minimum Gasteiger partial charge on any atom is -0.321 e. The third-order valence-electron chi connectivity index (χ3n) is 1.29. The average Bonchev–Trinajstić information content (AvgIpc) is 2.04. The van der Waals surface area contributed by atoms with Crippen LogP contribution in [0.1, 0.15) is 0 Å². The summed E-state index contributed by atoms with van der Waals surface area (Å²) in [5, 5.41) is 2.06. The Labute approximate surface area is 82.1 Å². The van der Waals surface area contributed by atoms with Crippen molar-refractivity contribution in [3.63, 3.8) is 0 Å². The number of anilines is 1. The van der Waals surface area contributed by atoms with Gasteiger partial charge in [0.2, 0.25) is 0 Å². The molecule has 0 radical (unpaired) electrons. The predicted molar refractivity (Wildman–Crippen MR) is 48.8 cm³/mol. The Morgan fingerprint density at radius 3 is 2.69 bits per heavy atom. The topological polar surface area (TPSA) is 29.1 Å². The number of halogens is 3. The molecule has 0 unspecified atom stereocenters. The molecule has 1 N–H and O–H groups in total. The van der Waals surface area contributed by atoms with Gasteiger partial charge in [0.05, 0.1) is 0 Å². The van der Waals surface area contributed by atoms with Crippen molar-refractivity contribution in [2.24, 2.45) is 0 Å². The number of carbonyl (C=O) groups is 1. The molecule has 1 aromatic carbocycles. The van der Waals surface area contributed by atoms with Crippen molar-refractivity contribution in [2.45, 2.75) is 6.43 Å². The molecule has 2 nitrogen and oxygen atoms in total. The third kappa shape index (κ3) is 3.10. The van der Waals surface area contributed by atoms with E-state index >= 15 is 0 Å². The SMILES string of the molecule is O=C(Nc1cccc(Br)c1)C(F)F. The average molecular weight is 250 g/mol. The molecule has 0 atom stereocenters. The van der Waals surface area contributed by atoms with E-state index in [1.165, 1.54) is 6.07 Å². The number of rotatable bonds is 2. The molecular weight excluding hydrogens is 244 g/mol. The minimum absolute atomic E-state index is 0.347. The highest BCUT2D eigenvalue weighted by Crippen LogP contribution is 2.15. The van der Waals surface area contributed by atoms with Crippen molar-refractivity contribution in [3.8, 4) is 0 Å². The molecule has 1 amide bonds. The van der Waals surface area contributed by atoms with Crippen LogP contribution in [-0.4, -0.2) is 12.3 Å². The molecule has 0 aliphatic heterocycles. The van der Waals surface area contributed by atoms with Gasteiger partial charge in [0.25, 0.3) is 5.91 Å². The fourth-order valence-electron chi connectivity index (χ4n) is 0.763. The summed E-state index contributed by atoms with van der Waals surface area (Å²) >= 11 is 3.15. The van der Waals surface area contributed by atoms with Crippen LogP contribution in [0.2, 0.25) is 0 Å². The molecule has 1 aromatic rings. The van der Waals surface area contributed by atoms with Gasteiger partial charge in [-0.3, -0.25) is 4.79 Å². The Balaban J connectivity index is 2.69. The van der Waals surface area contributed by atoms with Crippen LogP contribution in [0.15, 0.2) is 28.7 Å². The van der Waals surface area contributed by atoms with Crippen LogP contribution in [0.3, 0.4) is 0 Å². The summed E-state index contributed by atoms with van der Waals surface area (Å²) in [4.78, 5) is 10.5. The highest BCUT2D eigenvalue weighted by molar-refractivity contribution is 9.10. The molecule has 0 saturated heterocycles. The van der Waals surface area contributed by atoms with Crippen molar-refractivity contribution in [1.29, 1.82) is 0 Å². The molecule has 0 aliphatic rings. The summed E-state index contributed by atoms with van der Waals surface area (Å²) in [6, 6.07) is 6.45. The summed E-state index contributed by atoms with van der Waals surface area (Å²) < 4.78 is 24.3. The first kappa shape index (κ1) is 10.1. The lowest BCUT2D eigenvalue weighted by molar-refractivity contribution is -0.126. The number of alkyl halides is 2. The van der Waals surface area contributed by atoms with Crippen LogP contribution >= 0.6 is 15.9 Å². The number of hydrogen-bond donors (Lipinski definition) is 1. The van der Waals surface area contributed by atoms with Gasteiger partial charge in [-0.05, 0) is 18.2 Å². The molecule has 5 heteroatoms.